The molecule has 3 aliphatic rings. The summed E-state index contributed by atoms with van der Waals surface area (Å²) in [5.74, 6) is 1.62. The first kappa shape index (κ1) is 17.4. The van der Waals surface area contributed by atoms with Gasteiger partial charge in [-0.2, -0.15) is 0 Å². The second kappa shape index (κ2) is 7.29. The number of hydrogen-bond acceptors (Lipinski definition) is 4. The first-order valence-corrected chi connectivity index (χ1v) is 9.94. The van der Waals surface area contributed by atoms with E-state index in [9.17, 15) is 4.79 Å². The van der Waals surface area contributed by atoms with Gasteiger partial charge in [0.05, 0.1) is 10.0 Å². The van der Waals surface area contributed by atoms with Crippen LogP contribution in [0.2, 0.25) is 10.0 Å². The number of carbonyl (C=O) groups is 1. The fraction of sp³-hybridized carbons (Fsp3) is 0.667. The Morgan fingerprint density at radius 1 is 1.16 bits per heavy atom. The molecule has 2 atom stereocenters. The number of pyridine rings is 1. The lowest BCUT2D eigenvalue weighted by molar-refractivity contribution is -0.132. The standard InChI is InChI=1S/C18H24Cl2N4O/c19-13-10-16(20)18(21-11-13)24-5-3-23(4-6-24)17(25)9-12-7-14-1-2-15(8-12)22-14/h10-12,14-15,22H,1-9H2. The largest absolute Gasteiger partial charge is 0.352 e. The third kappa shape index (κ3) is 3.88. The summed E-state index contributed by atoms with van der Waals surface area (Å²) in [6.07, 6.45) is 7.20. The van der Waals surface area contributed by atoms with Crippen molar-refractivity contribution in [3.8, 4) is 0 Å². The van der Waals surface area contributed by atoms with Crippen molar-refractivity contribution in [1.29, 1.82) is 0 Å². The van der Waals surface area contributed by atoms with Crippen LogP contribution in [0.1, 0.15) is 32.1 Å². The second-order valence-electron chi connectivity index (χ2n) is 7.51. The number of carbonyl (C=O) groups excluding carboxylic acids is 1. The van der Waals surface area contributed by atoms with E-state index in [1.807, 2.05) is 4.90 Å². The van der Waals surface area contributed by atoms with E-state index in [0.29, 0.717) is 40.4 Å². The molecule has 1 amide bonds. The number of anilines is 1. The molecule has 1 aromatic heterocycles. The third-order valence-corrected chi connectivity index (χ3v) is 6.24. The number of piperidine rings is 1. The highest BCUT2D eigenvalue weighted by molar-refractivity contribution is 6.36. The molecule has 0 saturated carbocycles. The summed E-state index contributed by atoms with van der Waals surface area (Å²) in [6.45, 7) is 2.99. The maximum atomic E-state index is 12.7. The Morgan fingerprint density at radius 3 is 2.48 bits per heavy atom. The molecule has 7 heteroatoms. The molecule has 3 saturated heterocycles. The topological polar surface area (TPSA) is 48.5 Å². The molecule has 0 spiro atoms. The highest BCUT2D eigenvalue weighted by atomic mass is 35.5. The van der Waals surface area contributed by atoms with Crippen LogP contribution in [0.5, 0.6) is 0 Å². The van der Waals surface area contributed by atoms with Gasteiger partial charge in [0, 0.05) is 50.9 Å². The molecule has 3 fully saturated rings. The number of hydrogen-bond donors (Lipinski definition) is 1. The Morgan fingerprint density at radius 2 is 1.84 bits per heavy atom. The van der Waals surface area contributed by atoms with E-state index in [2.05, 4.69) is 15.2 Å². The van der Waals surface area contributed by atoms with Crippen molar-refractivity contribution < 1.29 is 4.79 Å². The first-order valence-electron chi connectivity index (χ1n) is 9.18. The first-order chi connectivity index (χ1) is 12.1. The van der Waals surface area contributed by atoms with Crippen molar-refractivity contribution in [2.24, 2.45) is 5.92 Å². The van der Waals surface area contributed by atoms with Crippen LogP contribution in [-0.2, 0) is 4.79 Å². The summed E-state index contributed by atoms with van der Waals surface area (Å²) in [5.41, 5.74) is 0. The molecule has 4 heterocycles. The van der Waals surface area contributed by atoms with Gasteiger partial charge in [-0.1, -0.05) is 23.2 Å². The van der Waals surface area contributed by atoms with Gasteiger partial charge in [-0.05, 0) is 37.7 Å². The van der Waals surface area contributed by atoms with Crippen LogP contribution in [0.25, 0.3) is 0 Å². The van der Waals surface area contributed by atoms with Gasteiger partial charge in [0.15, 0.2) is 0 Å². The number of amides is 1. The minimum absolute atomic E-state index is 0.307. The molecule has 2 unspecified atom stereocenters. The van der Waals surface area contributed by atoms with E-state index in [4.69, 9.17) is 23.2 Å². The third-order valence-electron chi connectivity index (χ3n) is 5.75. The van der Waals surface area contributed by atoms with Crippen molar-refractivity contribution in [2.45, 2.75) is 44.2 Å². The lowest BCUT2D eigenvalue weighted by Gasteiger charge is -2.37. The molecule has 25 heavy (non-hydrogen) atoms. The molecule has 1 aromatic rings. The van der Waals surface area contributed by atoms with Crippen molar-refractivity contribution in [3.63, 3.8) is 0 Å². The van der Waals surface area contributed by atoms with Crippen molar-refractivity contribution >= 4 is 34.9 Å². The fourth-order valence-electron chi connectivity index (χ4n) is 4.53. The van der Waals surface area contributed by atoms with E-state index >= 15 is 0 Å². The number of piperazine rings is 1. The molecule has 1 N–H and O–H groups in total. The summed E-state index contributed by atoms with van der Waals surface area (Å²) >= 11 is 12.2. The van der Waals surface area contributed by atoms with Crippen LogP contribution in [0, 0.1) is 5.92 Å². The predicted molar refractivity (Wildman–Crippen MR) is 100 cm³/mol. The van der Waals surface area contributed by atoms with E-state index in [1.54, 1.807) is 12.3 Å². The molecule has 2 bridgehead atoms. The van der Waals surface area contributed by atoms with Gasteiger partial charge in [0.1, 0.15) is 5.82 Å². The minimum atomic E-state index is 0.307. The van der Waals surface area contributed by atoms with Crippen LogP contribution in [-0.4, -0.2) is 54.1 Å². The number of aromatic nitrogens is 1. The van der Waals surface area contributed by atoms with Crippen molar-refractivity contribution in [1.82, 2.24) is 15.2 Å². The number of rotatable bonds is 3. The van der Waals surface area contributed by atoms with Gasteiger partial charge in [0.25, 0.3) is 0 Å². The molecule has 3 aliphatic heterocycles. The molecule has 4 rings (SSSR count). The number of fused-ring (bicyclic) bond motifs is 2. The fourth-order valence-corrected chi connectivity index (χ4v) is 5.03. The monoisotopic (exact) mass is 382 g/mol. The van der Waals surface area contributed by atoms with Gasteiger partial charge in [-0.3, -0.25) is 4.79 Å². The van der Waals surface area contributed by atoms with E-state index in [-0.39, 0.29) is 0 Å². The van der Waals surface area contributed by atoms with E-state index in [0.717, 1.165) is 44.8 Å². The highest BCUT2D eigenvalue weighted by Crippen LogP contribution is 2.33. The highest BCUT2D eigenvalue weighted by Gasteiger charge is 2.35. The van der Waals surface area contributed by atoms with Crippen molar-refractivity contribution in [3.05, 3.63) is 22.3 Å². The van der Waals surface area contributed by atoms with Gasteiger partial charge >= 0.3 is 0 Å². The maximum absolute atomic E-state index is 12.7. The summed E-state index contributed by atoms with van der Waals surface area (Å²) in [6, 6.07) is 3.01. The van der Waals surface area contributed by atoms with Gasteiger partial charge in [0.2, 0.25) is 5.91 Å². The predicted octanol–water partition coefficient (Wildman–Crippen LogP) is 2.96. The lowest BCUT2D eigenvalue weighted by atomic mass is 9.89. The van der Waals surface area contributed by atoms with Crippen LogP contribution in [0.4, 0.5) is 5.82 Å². The van der Waals surface area contributed by atoms with E-state index in [1.165, 1.54) is 12.8 Å². The summed E-state index contributed by atoms with van der Waals surface area (Å²) in [5, 5.41) is 4.75. The Balaban J connectivity index is 1.30. The Bertz CT molecular complexity index is 636. The zero-order chi connectivity index (χ0) is 17.4. The quantitative estimate of drug-likeness (QED) is 0.872. The normalized spacial score (nSPS) is 29.1. The Labute approximate surface area is 158 Å². The molecular formula is C18H24Cl2N4O. The van der Waals surface area contributed by atoms with Crippen molar-refractivity contribution in [2.75, 3.05) is 31.1 Å². The molecule has 0 aliphatic carbocycles. The zero-order valence-corrected chi connectivity index (χ0v) is 15.8. The lowest BCUT2D eigenvalue weighted by Crippen LogP contribution is -2.50. The molecule has 136 valence electrons. The van der Waals surface area contributed by atoms with Crippen LogP contribution in [0.3, 0.4) is 0 Å². The summed E-state index contributed by atoms with van der Waals surface area (Å²) in [4.78, 5) is 21.2. The van der Waals surface area contributed by atoms with Gasteiger partial charge in [-0.15, -0.1) is 0 Å². The van der Waals surface area contributed by atoms with Gasteiger partial charge in [-0.25, -0.2) is 4.98 Å². The smallest absolute Gasteiger partial charge is 0.222 e. The number of halogens is 2. The Hall–Kier alpha value is -1.04. The van der Waals surface area contributed by atoms with Crippen LogP contribution >= 0.6 is 23.2 Å². The SMILES string of the molecule is O=C(CC1CC2CCC(C1)N2)N1CCN(c2ncc(Cl)cc2Cl)CC1. The molecule has 0 radical (unpaired) electrons. The maximum Gasteiger partial charge on any atom is 0.222 e. The van der Waals surface area contributed by atoms with E-state index < -0.39 is 0 Å². The average Bonchev–Trinajstić information content (AvgIpc) is 2.93. The zero-order valence-electron chi connectivity index (χ0n) is 14.3. The van der Waals surface area contributed by atoms with Crippen LogP contribution < -0.4 is 10.2 Å². The average molecular weight is 383 g/mol. The Kier molecular flexibility index (Phi) is 5.07. The number of nitrogens with zero attached hydrogens (tertiary/aromatic N) is 3. The second-order valence-corrected chi connectivity index (χ2v) is 8.35. The minimum Gasteiger partial charge on any atom is -0.352 e. The van der Waals surface area contributed by atoms with Crippen LogP contribution in [0.15, 0.2) is 12.3 Å². The molecule has 5 nitrogen and oxygen atoms in total. The summed E-state index contributed by atoms with van der Waals surface area (Å²) < 4.78 is 0. The molecular weight excluding hydrogens is 359 g/mol. The van der Waals surface area contributed by atoms with Gasteiger partial charge < -0.3 is 15.1 Å². The summed E-state index contributed by atoms with van der Waals surface area (Å²) in [7, 11) is 0. The number of nitrogens with one attached hydrogen (secondary N) is 1. The molecule has 0 aromatic carbocycles.